The highest BCUT2D eigenvalue weighted by Gasteiger charge is 2.49. The molecule has 1 aliphatic carbocycles. The molecular weight excluding hydrogens is 530 g/mol. The number of rotatable bonds is 6. The minimum atomic E-state index is -1.04. The van der Waals surface area contributed by atoms with Gasteiger partial charge in [0.05, 0.1) is 29.9 Å². The van der Waals surface area contributed by atoms with Crippen molar-refractivity contribution in [1.82, 2.24) is 19.8 Å². The lowest BCUT2D eigenvalue weighted by molar-refractivity contribution is -0.133. The normalized spacial score (nSPS) is 25.9. The predicted molar refractivity (Wildman–Crippen MR) is 150 cm³/mol. The number of carbonyl (C=O) groups is 2. The number of nitrogens with zero attached hydrogens (tertiary/aromatic N) is 6. The first-order chi connectivity index (χ1) is 19.4. The minimum absolute atomic E-state index is 0.162. The molecular formula is C28H33N7O4S. The molecule has 2 aromatic heterocycles. The third-order valence-corrected chi connectivity index (χ3v) is 9.29. The van der Waals surface area contributed by atoms with Crippen LogP contribution >= 0.6 is 11.3 Å². The molecule has 0 aromatic carbocycles. The number of fused-ring (bicyclic) bond motifs is 2. The van der Waals surface area contributed by atoms with E-state index in [0.717, 1.165) is 36.5 Å². The van der Waals surface area contributed by atoms with E-state index in [-0.39, 0.29) is 30.3 Å². The molecule has 0 bridgehead atoms. The summed E-state index contributed by atoms with van der Waals surface area (Å²) in [6.07, 6.45) is 5.05. The Morgan fingerprint density at radius 2 is 2.25 bits per heavy atom. The number of hydrogen-bond donors (Lipinski definition) is 1. The van der Waals surface area contributed by atoms with Crippen molar-refractivity contribution in [2.45, 2.75) is 56.2 Å². The maximum Gasteiger partial charge on any atom is 0.318 e. The molecule has 1 N–H and O–H groups in total. The summed E-state index contributed by atoms with van der Waals surface area (Å²) in [5, 5.41) is 15.1. The number of nitrogens with one attached hydrogen (secondary N) is 1. The molecule has 11 nitrogen and oxygen atoms in total. The van der Waals surface area contributed by atoms with Crippen molar-refractivity contribution in [3.05, 3.63) is 35.4 Å². The van der Waals surface area contributed by atoms with Crippen molar-refractivity contribution in [2.75, 3.05) is 50.1 Å². The molecule has 2 saturated heterocycles. The first-order valence-electron chi connectivity index (χ1n) is 13.8. The van der Waals surface area contributed by atoms with Gasteiger partial charge in [0.25, 0.3) is 5.91 Å². The Balaban J connectivity index is 1.32. The van der Waals surface area contributed by atoms with Gasteiger partial charge in [0.1, 0.15) is 12.4 Å². The van der Waals surface area contributed by atoms with Crippen molar-refractivity contribution < 1.29 is 19.1 Å². The van der Waals surface area contributed by atoms with Gasteiger partial charge in [0, 0.05) is 44.1 Å². The fourth-order valence-corrected chi connectivity index (χ4v) is 6.99. The quantitative estimate of drug-likeness (QED) is 0.528. The van der Waals surface area contributed by atoms with Gasteiger partial charge in [-0.2, -0.15) is 15.2 Å². The van der Waals surface area contributed by atoms with Crippen LogP contribution in [0.3, 0.4) is 0 Å². The molecule has 210 valence electrons. The van der Waals surface area contributed by atoms with E-state index in [1.807, 2.05) is 11.4 Å². The van der Waals surface area contributed by atoms with E-state index in [1.165, 1.54) is 17.4 Å². The number of ether oxygens (including phenoxy) is 2. The molecule has 1 spiro atoms. The van der Waals surface area contributed by atoms with Crippen LogP contribution in [0.2, 0.25) is 0 Å². The first kappa shape index (κ1) is 26.5. The van der Waals surface area contributed by atoms with Gasteiger partial charge in [-0.15, -0.1) is 11.3 Å². The van der Waals surface area contributed by atoms with Crippen LogP contribution in [-0.2, 0) is 22.4 Å². The summed E-state index contributed by atoms with van der Waals surface area (Å²) in [5.41, 5.74) is 1.36. The maximum absolute atomic E-state index is 13.3. The molecule has 6 rings (SSSR count). The smallest absolute Gasteiger partial charge is 0.318 e. The molecule has 4 aliphatic rings. The molecule has 3 atom stereocenters. The maximum atomic E-state index is 13.3. The second-order valence-electron chi connectivity index (χ2n) is 10.9. The van der Waals surface area contributed by atoms with Crippen LogP contribution in [0.1, 0.15) is 36.9 Å². The van der Waals surface area contributed by atoms with Gasteiger partial charge < -0.3 is 29.5 Å². The predicted octanol–water partition coefficient (Wildman–Crippen LogP) is 2.39. The second kappa shape index (κ2) is 10.7. The number of likely N-dealkylation sites (N-methyl/N-ethyl adjacent to an activating group) is 1. The third kappa shape index (κ3) is 4.77. The molecule has 2 amide bonds. The van der Waals surface area contributed by atoms with Crippen LogP contribution in [0, 0.1) is 11.3 Å². The summed E-state index contributed by atoms with van der Waals surface area (Å²) in [6, 6.07) is 4.36. The number of carbonyl (C=O) groups excluding carboxylic acids is 2. The summed E-state index contributed by atoms with van der Waals surface area (Å²) >= 11 is 1.46. The van der Waals surface area contributed by atoms with E-state index < -0.39 is 5.60 Å². The lowest BCUT2D eigenvalue weighted by Crippen LogP contribution is -2.56. The van der Waals surface area contributed by atoms with Crippen LogP contribution in [0.15, 0.2) is 24.1 Å². The number of hydrogen-bond acceptors (Lipinski definition) is 10. The fourth-order valence-electron chi connectivity index (χ4n) is 6.21. The van der Waals surface area contributed by atoms with Gasteiger partial charge >= 0.3 is 6.01 Å². The van der Waals surface area contributed by atoms with Crippen molar-refractivity contribution in [3.8, 4) is 17.1 Å². The number of nitriles is 1. The molecule has 0 saturated carbocycles. The molecule has 3 unspecified atom stereocenters. The van der Waals surface area contributed by atoms with Crippen LogP contribution in [0.5, 0.6) is 11.1 Å². The minimum Gasteiger partial charge on any atom is -0.465 e. The molecule has 40 heavy (non-hydrogen) atoms. The van der Waals surface area contributed by atoms with E-state index in [1.54, 1.807) is 4.90 Å². The lowest BCUT2D eigenvalue weighted by Gasteiger charge is -2.43. The molecule has 2 aromatic rings. The van der Waals surface area contributed by atoms with Crippen LogP contribution in [0.25, 0.3) is 0 Å². The second-order valence-corrected chi connectivity index (χ2v) is 11.8. The summed E-state index contributed by atoms with van der Waals surface area (Å²) in [6.45, 7) is 6.61. The molecule has 2 fully saturated rings. The Hall–Kier alpha value is -3.69. The van der Waals surface area contributed by atoms with E-state index in [4.69, 9.17) is 19.4 Å². The SMILES string of the molecule is C=CC(=O)N1CCN(c2nc(OCC3CCCN3C)nc3c2CCC2(C3)Oc3sccc3NC2=O)CC1CC#N. The molecule has 3 aliphatic heterocycles. The zero-order chi connectivity index (χ0) is 27.9. The van der Waals surface area contributed by atoms with E-state index in [9.17, 15) is 14.9 Å². The zero-order valence-electron chi connectivity index (χ0n) is 22.6. The number of amides is 2. The summed E-state index contributed by atoms with van der Waals surface area (Å²) in [7, 11) is 2.10. The Kier molecular flexibility index (Phi) is 7.10. The van der Waals surface area contributed by atoms with Gasteiger partial charge in [-0.1, -0.05) is 6.58 Å². The third-order valence-electron chi connectivity index (χ3n) is 8.51. The van der Waals surface area contributed by atoms with Crippen molar-refractivity contribution in [1.29, 1.82) is 5.26 Å². The Morgan fingerprint density at radius 3 is 3.02 bits per heavy atom. The number of likely N-dealkylation sites (tertiary alicyclic amines) is 1. The number of piperazine rings is 1. The number of thiophene rings is 1. The average Bonchev–Trinajstić information content (AvgIpc) is 3.59. The van der Waals surface area contributed by atoms with Gasteiger partial charge in [-0.3, -0.25) is 9.59 Å². The van der Waals surface area contributed by atoms with Crippen LogP contribution < -0.4 is 19.7 Å². The van der Waals surface area contributed by atoms with Crippen LogP contribution in [-0.4, -0.2) is 89.1 Å². The standard InChI is InChI=1S/C28H33N7O4S/c1-3-23(36)35-13-12-34(16-18(35)7-10-29)24-20-6-9-28(26(37)30-21-8-14-40-25(21)39-28)15-22(20)31-27(32-24)38-17-19-5-4-11-33(19)2/h3,8,14,18-19H,1,4-7,9,11-13,15-17H2,2H3,(H,30,37). The van der Waals surface area contributed by atoms with Crippen molar-refractivity contribution in [2.24, 2.45) is 0 Å². The summed E-state index contributed by atoms with van der Waals surface area (Å²) < 4.78 is 12.5. The largest absolute Gasteiger partial charge is 0.465 e. The molecule has 5 heterocycles. The number of aromatic nitrogens is 2. The number of anilines is 2. The highest BCUT2D eigenvalue weighted by molar-refractivity contribution is 7.12. The van der Waals surface area contributed by atoms with E-state index in [2.05, 4.69) is 34.8 Å². The highest BCUT2D eigenvalue weighted by atomic mass is 32.1. The van der Waals surface area contributed by atoms with Gasteiger partial charge in [-0.05, 0) is 50.4 Å². The monoisotopic (exact) mass is 563 g/mol. The Labute approximate surface area is 237 Å². The van der Waals surface area contributed by atoms with Crippen LogP contribution in [0.4, 0.5) is 11.5 Å². The van der Waals surface area contributed by atoms with Gasteiger partial charge in [0.15, 0.2) is 10.7 Å². The van der Waals surface area contributed by atoms with E-state index >= 15 is 0 Å². The molecule has 0 radical (unpaired) electrons. The van der Waals surface area contributed by atoms with Crippen molar-refractivity contribution >= 4 is 34.7 Å². The fraction of sp³-hybridized carbons (Fsp3) is 0.536. The van der Waals surface area contributed by atoms with Gasteiger partial charge in [0.2, 0.25) is 5.91 Å². The average molecular weight is 564 g/mol. The lowest BCUT2D eigenvalue weighted by atomic mass is 9.81. The first-order valence-corrected chi connectivity index (χ1v) is 14.6. The van der Waals surface area contributed by atoms with Crippen molar-refractivity contribution in [3.63, 3.8) is 0 Å². The van der Waals surface area contributed by atoms with Gasteiger partial charge in [-0.25, -0.2) is 0 Å². The summed E-state index contributed by atoms with van der Waals surface area (Å²) in [5.74, 6) is 0.408. The molecule has 12 heteroatoms. The Morgan fingerprint density at radius 1 is 1.38 bits per heavy atom. The summed E-state index contributed by atoms with van der Waals surface area (Å²) in [4.78, 5) is 41.6. The topological polar surface area (TPSA) is 124 Å². The zero-order valence-corrected chi connectivity index (χ0v) is 23.4. The van der Waals surface area contributed by atoms with E-state index in [0.29, 0.717) is 62.3 Å². The highest BCUT2D eigenvalue weighted by Crippen LogP contribution is 2.44. The Bertz CT molecular complexity index is 1370.